The van der Waals surface area contributed by atoms with Crippen molar-refractivity contribution in [3.63, 3.8) is 0 Å². The molecular weight excluding hydrogens is 256 g/mol. The van der Waals surface area contributed by atoms with Crippen molar-refractivity contribution in [2.24, 2.45) is 0 Å². The Kier molecular flexibility index (Phi) is 2.68. The number of nitrogens with zero attached hydrogens (tertiary/aromatic N) is 1. The van der Waals surface area contributed by atoms with Gasteiger partial charge >= 0.3 is 0 Å². The number of hydrogen-bond donors (Lipinski definition) is 1. The molecule has 1 amide bonds. The smallest absolute Gasteiger partial charge is 0.270 e. The van der Waals surface area contributed by atoms with Gasteiger partial charge in [0.2, 0.25) is 0 Å². The maximum Gasteiger partial charge on any atom is 0.270 e. The average molecular weight is 265 g/mol. The van der Waals surface area contributed by atoms with E-state index in [0.29, 0.717) is 10.2 Å². The number of halogens is 1. The lowest BCUT2D eigenvalue weighted by Gasteiger charge is -2.04. The molecule has 0 spiro atoms. The Labute approximate surface area is 95.6 Å². The summed E-state index contributed by atoms with van der Waals surface area (Å²) in [5, 5.41) is 3.57. The van der Waals surface area contributed by atoms with Crippen LogP contribution in [-0.4, -0.2) is 17.9 Å². The van der Waals surface area contributed by atoms with Gasteiger partial charge < -0.3 is 5.32 Å². The molecule has 0 saturated carbocycles. The Hall–Kier alpha value is -1.42. The zero-order valence-electron chi connectivity index (χ0n) is 8.12. The molecule has 1 heterocycles. The van der Waals surface area contributed by atoms with Crippen LogP contribution in [0, 0.1) is 0 Å². The van der Waals surface area contributed by atoms with Crippen LogP contribution in [0.2, 0.25) is 0 Å². The highest BCUT2D eigenvalue weighted by atomic mass is 79.9. The number of carbonyl (C=O) groups is 1. The standard InChI is InChI=1S/C11H9BrN2O/c1-13-11(15)10-8(12)6-7-4-2-3-5-9(7)14-10/h2-6H,1H3,(H,13,15). The van der Waals surface area contributed by atoms with E-state index in [1.165, 1.54) is 0 Å². The molecule has 0 aliphatic rings. The molecule has 2 rings (SSSR count). The summed E-state index contributed by atoms with van der Waals surface area (Å²) in [6.45, 7) is 0. The molecular formula is C11H9BrN2O. The second kappa shape index (κ2) is 3.98. The molecule has 0 radical (unpaired) electrons. The number of benzene rings is 1. The lowest BCUT2D eigenvalue weighted by molar-refractivity contribution is 0.0957. The largest absolute Gasteiger partial charge is 0.354 e. The predicted molar refractivity (Wildman–Crippen MR) is 62.8 cm³/mol. The molecule has 1 aromatic heterocycles. The second-order valence-corrected chi connectivity index (χ2v) is 3.94. The zero-order valence-corrected chi connectivity index (χ0v) is 9.71. The van der Waals surface area contributed by atoms with E-state index in [2.05, 4.69) is 26.2 Å². The average Bonchev–Trinajstić information content (AvgIpc) is 2.27. The van der Waals surface area contributed by atoms with Crippen LogP contribution in [0.1, 0.15) is 10.5 Å². The van der Waals surface area contributed by atoms with Gasteiger partial charge in [0.05, 0.1) is 5.52 Å². The van der Waals surface area contributed by atoms with Gasteiger partial charge in [-0.25, -0.2) is 4.98 Å². The number of nitrogens with one attached hydrogen (secondary N) is 1. The summed E-state index contributed by atoms with van der Waals surface area (Å²) in [6.07, 6.45) is 0. The Bertz CT molecular complexity index is 525. The summed E-state index contributed by atoms with van der Waals surface area (Å²) in [6, 6.07) is 9.58. The minimum atomic E-state index is -0.187. The number of para-hydroxylation sites is 1. The van der Waals surface area contributed by atoms with Crippen molar-refractivity contribution in [1.82, 2.24) is 10.3 Å². The molecule has 15 heavy (non-hydrogen) atoms. The molecule has 1 aromatic carbocycles. The third kappa shape index (κ3) is 1.85. The minimum absolute atomic E-state index is 0.187. The Balaban J connectivity index is 2.67. The molecule has 0 saturated heterocycles. The van der Waals surface area contributed by atoms with Crippen molar-refractivity contribution < 1.29 is 4.79 Å². The monoisotopic (exact) mass is 264 g/mol. The fourth-order valence-corrected chi connectivity index (χ4v) is 1.88. The molecule has 0 atom stereocenters. The summed E-state index contributed by atoms with van der Waals surface area (Å²) < 4.78 is 0.709. The van der Waals surface area contributed by atoms with Gasteiger partial charge in [-0.2, -0.15) is 0 Å². The predicted octanol–water partition coefficient (Wildman–Crippen LogP) is 2.36. The summed E-state index contributed by atoms with van der Waals surface area (Å²) >= 11 is 3.34. The highest BCUT2D eigenvalue weighted by Crippen LogP contribution is 2.21. The Morgan fingerprint density at radius 1 is 1.40 bits per heavy atom. The van der Waals surface area contributed by atoms with Crippen LogP contribution in [0.25, 0.3) is 10.9 Å². The number of fused-ring (bicyclic) bond motifs is 1. The van der Waals surface area contributed by atoms with Gasteiger partial charge in [0.1, 0.15) is 5.69 Å². The maximum absolute atomic E-state index is 11.5. The van der Waals surface area contributed by atoms with E-state index in [4.69, 9.17) is 0 Å². The first-order chi connectivity index (χ1) is 7.22. The second-order valence-electron chi connectivity index (χ2n) is 3.09. The van der Waals surface area contributed by atoms with Crippen LogP contribution < -0.4 is 5.32 Å². The number of rotatable bonds is 1. The van der Waals surface area contributed by atoms with Crippen LogP contribution in [0.3, 0.4) is 0 Å². The fourth-order valence-electron chi connectivity index (χ4n) is 1.37. The summed E-state index contributed by atoms with van der Waals surface area (Å²) in [4.78, 5) is 15.8. The van der Waals surface area contributed by atoms with Crippen molar-refractivity contribution in [2.75, 3.05) is 7.05 Å². The van der Waals surface area contributed by atoms with Gasteiger partial charge in [0, 0.05) is 16.9 Å². The number of aromatic nitrogens is 1. The van der Waals surface area contributed by atoms with E-state index in [-0.39, 0.29) is 5.91 Å². The van der Waals surface area contributed by atoms with Gasteiger partial charge in [-0.05, 0) is 28.1 Å². The molecule has 0 unspecified atom stereocenters. The fraction of sp³-hybridized carbons (Fsp3) is 0.0909. The lowest BCUT2D eigenvalue weighted by atomic mass is 10.2. The Morgan fingerprint density at radius 2 is 2.13 bits per heavy atom. The van der Waals surface area contributed by atoms with E-state index in [0.717, 1.165) is 10.9 Å². The van der Waals surface area contributed by atoms with Crippen LogP contribution in [0.15, 0.2) is 34.8 Å². The number of hydrogen-bond acceptors (Lipinski definition) is 2. The third-order valence-electron chi connectivity index (χ3n) is 2.12. The minimum Gasteiger partial charge on any atom is -0.354 e. The van der Waals surface area contributed by atoms with Crippen molar-refractivity contribution in [3.8, 4) is 0 Å². The van der Waals surface area contributed by atoms with Gasteiger partial charge in [-0.1, -0.05) is 18.2 Å². The molecule has 4 heteroatoms. The highest BCUT2D eigenvalue weighted by molar-refractivity contribution is 9.10. The van der Waals surface area contributed by atoms with Crippen molar-refractivity contribution >= 4 is 32.7 Å². The number of pyridine rings is 1. The molecule has 3 nitrogen and oxygen atoms in total. The van der Waals surface area contributed by atoms with Gasteiger partial charge in [-0.15, -0.1) is 0 Å². The van der Waals surface area contributed by atoms with E-state index in [1.807, 2.05) is 30.3 Å². The van der Waals surface area contributed by atoms with Gasteiger partial charge in [-0.3, -0.25) is 4.79 Å². The van der Waals surface area contributed by atoms with E-state index < -0.39 is 0 Å². The summed E-state index contributed by atoms with van der Waals surface area (Å²) in [7, 11) is 1.59. The highest BCUT2D eigenvalue weighted by Gasteiger charge is 2.10. The molecule has 0 aliphatic carbocycles. The quantitative estimate of drug-likeness (QED) is 0.860. The summed E-state index contributed by atoms with van der Waals surface area (Å²) in [5.74, 6) is -0.187. The zero-order chi connectivity index (χ0) is 10.8. The molecule has 2 aromatic rings. The first-order valence-electron chi connectivity index (χ1n) is 4.50. The van der Waals surface area contributed by atoms with Gasteiger partial charge in [0.25, 0.3) is 5.91 Å². The molecule has 0 fully saturated rings. The number of amides is 1. The maximum atomic E-state index is 11.5. The van der Waals surface area contributed by atoms with Crippen LogP contribution in [-0.2, 0) is 0 Å². The van der Waals surface area contributed by atoms with E-state index >= 15 is 0 Å². The SMILES string of the molecule is CNC(=O)c1nc2ccccc2cc1Br. The van der Waals surface area contributed by atoms with Crippen LogP contribution in [0.5, 0.6) is 0 Å². The van der Waals surface area contributed by atoms with Crippen LogP contribution in [0.4, 0.5) is 0 Å². The van der Waals surface area contributed by atoms with Crippen molar-refractivity contribution in [3.05, 3.63) is 40.5 Å². The molecule has 1 N–H and O–H groups in total. The van der Waals surface area contributed by atoms with E-state index in [1.54, 1.807) is 7.05 Å². The van der Waals surface area contributed by atoms with Gasteiger partial charge in [0.15, 0.2) is 0 Å². The first-order valence-corrected chi connectivity index (χ1v) is 5.29. The Morgan fingerprint density at radius 3 is 2.87 bits per heavy atom. The van der Waals surface area contributed by atoms with Crippen LogP contribution >= 0.6 is 15.9 Å². The summed E-state index contributed by atoms with van der Waals surface area (Å²) in [5.41, 5.74) is 1.23. The topological polar surface area (TPSA) is 42.0 Å². The molecule has 0 aliphatic heterocycles. The van der Waals surface area contributed by atoms with Crippen molar-refractivity contribution in [2.45, 2.75) is 0 Å². The lowest BCUT2D eigenvalue weighted by Crippen LogP contribution is -2.19. The number of carbonyl (C=O) groups excluding carboxylic acids is 1. The first kappa shape index (κ1) is 10.1. The molecule has 76 valence electrons. The normalized spacial score (nSPS) is 10.3. The third-order valence-corrected chi connectivity index (χ3v) is 2.72. The van der Waals surface area contributed by atoms with Crippen molar-refractivity contribution in [1.29, 1.82) is 0 Å². The molecule has 0 bridgehead atoms. The van der Waals surface area contributed by atoms with E-state index in [9.17, 15) is 4.79 Å².